The summed E-state index contributed by atoms with van der Waals surface area (Å²) >= 11 is 3.35. The first-order chi connectivity index (χ1) is 9.17. The van der Waals surface area contributed by atoms with Gasteiger partial charge in [-0.25, -0.2) is 0 Å². The van der Waals surface area contributed by atoms with E-state index >= 15 is 0 Å². The van der Waals surface area contributed by atoms with E-state index < -0.39 is 5.82 Å². The van der Waals surface area contributed by atoms with Crippen molar-refractivity contribution >= 4 is 15.9 Å². The normalized spacial score (nSPS) is 19.3. The van der Waals surface area contributed by atoms with Crippen molar-refractivity contribution in [1.82, 2.24) is 5.32 Å². The molecule has 1 N–H and O–H groups in total. The van der Waals surface area contributed by atoms with Gasteiger partial charge in [0.1, 0.15) is 0 Å². The van der Waals surface area contributed by atoms with Crippen LogP contribution in [0, 0.1) is 5.82 Å². The molecule has 1 fully saturated rings. The van der Waals surface area contributed by atoms with Gasteiger partial charge in [-0.3, -0.25) is 0 Å². The molecule has 1 aliphatic rings. The number of nitrogens with one attached hydrogen (secondary N) is 1. The third-order valence-corrected chi connectivity index (χ3v) is 4.08. The van der Waals surface area contributed by atoms with Crippen molar-refractivity contribution in [3.63, 3.8) is 0 Å². The van der Waals surface area contributed by atoms with E-state index in [9.17, 15) is 4.39 Å². The van der Waals surface area contributed by atoms with Crippen LogP contribution in [0.15, 0.2) is 10.5 Å². The maximum atomic E-state index is 14.2. The number of hydrogen-bond acceptors (Lipinski definition) is 3. The Morgan fingerprint density at radius 3 is 2.63 bits per heavy atom. The molecule has 0 aromatic heterocycles. The molecule has 1 aromatic rings. The predicted octanol–water partition coefficient (Wildman–Crippen LogP) is 3.29. The molecule has 5 heteroatoms. The Labute approximate surface area is 121 Å². The number of piperidine rings is 1. The van der Waals surface area contributed by atoms with Crippen molar-refractivity contribution in [2.24, 2.45) is 0 Å². The van der Waals surface area contributed by atoms with Crippen LogP contribution in [0.3, 0.4) is 0 Å². The van der Waals surface area contributed by atoms with E-state index in [0.717, 1.165) is 24.9 Å². The molecule has 106 valence electrons. The van der Waals surface area contributed by atoms with Crippen LogP contribution >= 0.6 is 15.9 Å². The summed E-state index contributed by atoms with van der Waals surface area (Å²) in [6.07, 6.45) is 4.32. The van der Waals surface area contributed by atoms with Crippen LogP contribution in [0.25, 0.3) is 0 Å². The predicted molar refractivity (Wildman–Crippen MR) is 76.5 cm³/mol. The quantitative estimate of drug-likeness (QED) is 0.918. The first-order valence-corrected chi connectivity index (χ1v) is 7.29. The average molecular weight is 332 g/mol. The highest BCUT2D eigenvalue weighted by Crippen LogP contribution is 2.38. The highest BCUT2D eigenvalue weighted by Gasteiger charge is 2.22. The summed E-state index contributed by atoms with van der Waals surface area (Å²) in [5, 5.41) is 3.46. The summed E-state index contributed by atoms with van der Waals surface area (Å²) in [5.41, 5.74) is 0.868. The lowest BCUT2D eigenvalue weighted by atomic mass is 9.97. The zero-order valence-corrected chi connectivity index (χ0v) is 12.8. The van der Waals surface area contributed by atoms with Crippen molar-refractivity contribution in [2.75, 3.05) is 20.8 Å². The summed E-state index contributed by atoms with van der Waals surface area (Å²) in [7, 11) is 2.94. The molecule has 0 amide bonds. The lowest BCUT2D eigenvalue weighted by Crippen LogP contribution is -2.35. The van der Waals surface area contributed by atoms with E-state index in [2.05, 4.69) is 21.2 Å². The Kier molecular flexibility index (Phi) is 5.05. The second kappa shape index (κ2) is 6.57. The van der Waals surface area contributed by atoms with Gasteiger partial charge in [-0.1, -0.05) is 6.42 Å². The molecule has 0 saturated carbocycles. The maximum absolute atomic E-state index is 14.2. The van der Waals surface area contributed by atoms with Crippen LogP contribution in [-0.2, 0) is 6.42 Å². The standard InChI is InChI=1S/C14H19BrFNO2/c1-18-13-9(7-10-5-3-4-6-17-10)8-11(15)14(19-2)12(13)16/h8,10,17H,3-7H2,1-2H3. The second-order valence-corrected chi connectivity index (χ2v) is 5.60. The Morgan fingerprint density at radius 1 is 1.32 bits per heavy atom. The molecule has 0 spiro atoms. The monoisotopic (exact) mass is 331 g/mol. The second-order valence-electron chi connectivity index (χ2n) is 4.75. The smallest absolute Gasteiger partial charge is 0.208 e. The molecule has 1 unspecified atom stereocenters. The number of methoxy groups -OCH3 is 2. The van der Waals surface area contributed by atoms with Gasteiger partial charge in [0.25, 0.3) is 0 Å². The zero-order valence-electron chi connectivity index (χ0n) is 11.3. The van der Waals surface area contributed by atoms with Crippen LogP contribution in [0.2, 0.25) is 0 Å². The molecule has 19 heavy (non-hydrogen) atoms. The Balaban J connectivity index is 2.28. The van der Waals surface area contributed by atoms with Crippen molar-refractivity contribution in [3.8, 4) is 11.5 Å². The van der Waals surface area contributed by atoms with Gasteiger partial charge in [0, 0.05) is 11.6 Å². The van der Waals surface area contributed by atoms with Crippen LogP contribution in [0.4, 0.5) is 4.39 Å². The van der Waals surface area contributed by atoms with Crippen molar-refractivity contribution < 1.29 is 13.9 Å². The van der Waals surface area contributed by atoms with Gasteiger partial charge < -0.3 is 14.8 Å². The first kappa shape index (κ1) is 14.6. The summed E-state index contributed by atoms with van der Waals surface area (Å²) < 4.78 is 25.1. The van der Waals surface area contributed by atoms with Crippen molar-refractivity contribution in [1.29, 1.82) is 0 Å². The number of rotatable bonds is 4. The first-order valence-electron chi connectivity index (χ1n) is 6.49. The van der Waals surface area contributed by atoms with E-state index in [1.807, 2.05) is 6.07 Å². The van der Waals surface area contributed by atoms with E-state index in [0.29, 0.717) is 10.5 Å². The van der Waals surface area contributed by atoms with Gasteiger partial charge in [0.15, 0.2) is 11.5 Å². The van der Waals surface area contributed by atoms with Crippen LogP contribution in [-0.4, -0.2) is 26.8 Å². The number of ether oxygens (including phenoxy) is 2. The SMILES string of the molecule is COc1c(Br)cc(CC2CCCCN2)c(OC)c1F. The molecule has 0 bridgehead atoms. The Morgan fingerprint density at radius 2 is 2.05 bits per heavy atom. The topological polar surface area (TPSA) is 30.5 Å². The lowest BCUT2D eigenvalue weighted by Gasteiger charge is -2.24. The Bertz CT molecular complexity index is 448. The van der Waals surface area contributed by atoms with Gasteiger partial charge in [-0.15, -0.1) is 0 Å². The Hall–Kier alpha value is -0.810. The van der Waals surface area contributed by atoms with Crippen molar-refractivity contribution in [3.05, 3.63) is 21.9 Å². The minimum absolute atomic E-state index is 0.192. The number of benzene rings is 1. The van der Waals surface area contributed by atoms with Crippen LogP contribution in [0.5, 0.6) is 11.5 Å². The van der Waals surface area contributed by atoms with Crippen LogP contribution in [0.1, 0.15) is 24.8 Å². The molecule has 3 nitrogen and oxygen atoms in total. The van der Waals surface area contributed by atoms with Gasteiger partial charge in [-0.2, -0.15) is 4.39 Å². The molecule has 1 heterocycles. The molecule has 2 rings (SSSR count). The van der Waals surface area contributed by atoms with Crippen LogP contribution < -0.4 is 14.8 Å². The molecule has 1 aromatic carbocycles. The third kappa shape index (κ3) is 3.20. The molecule has 0 aliphatic carbocycles. The highest BCUT2D eigenvalue weighted by atomic mass is 79.9. The molecule has 0 radical (unpaired) electrons. The molecule has 1 aliphatic heterocycles. The average Bonchev–Trinajstić information content (AvgIpc) is 2.40. The van der Waals surface area contributed by atoms with Gasteiger partial charge in [-0.05, 0) is 47.8 Å². The minimum atomic E-state index is -0.440. The fourth-order valence-corrected chi connectivity index (χ4v) is 3.17. The number of halogens is 2. The van der Waals surface area contributed by atoms with E-state index in [-0.39, 0.29) is 11.5 Å². The summed E-state index contributed by atoms with van der Waals surface area (Å²) in [5.74, 6) is 0.0369. The van der Waals surface area contributed by atoms with E-state index in [4.69, 9.17) is 9.47 Å². The lowest BCUT2D eigenvalue weighted by molar-refractivity contribution is 0.340. The summed E-state index contributed by atoms with van der Waals surface area (Å²) in [4.78, 5) is 0. The van der Waals surface area contributed by atoms with Crippen molar-refractivity contribution in [2.45, 2.75) is 31.7 Å². The van der Waals surface area contributed by atoms with Gasteiger partial charge in [0.05, 0.1) is 18.7 Å². The molecule has 1 atom stereocenters. The van der Waals surface area contributed by atoms with Gasteiger partial charge >= 0.3 is 0 Å². The molecular formula is C14H19BrFNO2. The van der Waals surface area contributed by atoms with Gasteiger partial charge in [0.2, 0.25) is 5.82 Å². The molecular weight excluding hydrogens is 313 g/mol. The summed E-state index contributed by atoms with van der Waals surface area (Å²) in [6.45, 7) is 1.03. The van der Waals surface area contributed by atoms with E-state index in [1.165, 1.54) is 27.1 Å². The number of hydrogen-bond donors (Lipinski definition) is 1. The van der Waals surface area contributed by atoms with E-state index in [1.54, 1.807) is 0 Å². The molecule has 1 saturated heterocycles. The fourth-order valence-electron chi connectivity index (χ4n) is 2.56. The highest BCUT2D eigenvalue weighted by molar-refractivity contribution is 9.10. The fraction of sp³-hybridized carbons (Fsp3) is 0.571. The summed E-state index contributed by atoms with van der Waals surface area (Å²) in [6, 6.07) is 2.28. The largest absolute Gasteiger partial charge is 0.493 e. The maximum Gasteiger partial charge on any atom is 0.208 e. The minimum Gasteiger partial charge on any atom is -0.493 e. The third-order valence-electron chi connectivity index (χ3n) is 3.50. The zero-order chi connectivity index (χ0) is 13.8.